The fourth-order valence-electron chi connectivity index (χ4n) is 3.22. The van der Waals surface area contributed by atoms with Crippen molar-refractivity contribution in [2.24, 2.45) is 0 Å². The van der Waals surface area contributed by atoms with Gasteiger partial charge in [-0.25, -0.2) is 4.98 Å². The van der Waals surface area contributed by atoms with Crippen LogP contribution < -0.4 is 10.5 Å². The van der Waals surface area contributed by atoms with E-state index in [1.54, 1.807) is 29.5 Å². The van der Waals surface area contributed by atoms with Crippen molar-refractivity contribution < 1.29 is 4.92 Å². The zero-order chi connectivity index (χ0) is 19.0. The molecule has 0 radical (unpaired) electrons. The van der Waals surface area contributed by atoms with Crippen molar-refractivity contribution in [1.82, 2.24) is 14.3 Å². The van der Waals surface area contributed by atoms with E-state index in [-0.39, 0.29) is 5.82 Å². The van der Waals surface area contributed by atoms with Crippen LogP contribution in [0.15, 0.2) is 45.1 Å². The first-order valence-electron chi connectivity index (χ1n) is 8.40. The maximum absolute atomic E-state index is 12.6. The number of anilines is 1. The number of nitro groups is 1. The Morgan fingerprint density at radius 3 is 2.63 bits per heavy atom. The lowest BCUT2D eigenvalue weighted by molar-refractivity contribution is -0.385. The Labute approximate surface area is 166 Å². The van der Waals surface area contributed by atoms with E-state index in [1.807, 2.05) is 11.0 Å². The number of aromatic nitrogens is 2. The van der Waals surface area contributed by atoms with Crippen LogP contribution in [0.3, 0.4) is 0 Å². The molecule has 3 aromatic rings. The second kappa shape index (κ2) is 7.37. The monoisotopic (exact) mass is 449 g/mol. The summed E-state index contributed by atoms with van der Waals surface area (Å²) in [6.45, 7) is 3.52. The molecule has 1 saturated heterocycles. The molecule has 0 atom stereocenters. The summed E-state index contributed by atoms with van der Waals surface area (Å²) in [7, 11) is 0. The van der Waals surface area contributed by atoms with Gasteiger partial charge in [-0.05, 0) is 40.2 Å². The van der Waals surface area contributed by atoms with E-state index in [1.165, 1.54) is 15.5 Å². The Balaban J connectivity index is 1.59. The molecule has 0 aliphatic carbocycles. The largest absolute Gasteiger partial charge is 0.376 e. The van der Waals surface area contributed by atoms with Gasteiger partial charge in [0.15, 0.2) is 0 Å². The van der Waals surface area contributed by atoms with Crippen molar-refractivity contribution in [3.8, 4) is 0 Å². The summed E-state index contributed by atoms with van der Waals surface area (Å²) in [5, 5.41) is 11.5. The van der Waals surface area contributed by atoms with Crippen molar-refractivity contribution in [3.63, 3.8) is 0 Å². The Hall–Kier alpha value is -2.30. The molecule has 3 aromatic heterocycles. The van der Waals surface area contributed by atoms with E-state index in [0.29, 0.717) is 18.7 Å². The molecule has 0 unspecified atom stereocenters. The second-order valence-corrected chi connectivity index (χ2v) is 8.79. The summed E-state index contributed by atoms with van der Waals surface area (Å²) < 4.78 is 2.32. The molecule has 0 amide bonds. The number of thiophene rings is 1. The number of pyridine rings is 1. The van der Waals surface area contributed by atoms with Gasteiger partial charge in [-0.3, -0.25) is 24.2 Å². The predicted molar refractivity (Wildman–Crippen MR) is 108 cm³/mol. The minimum atomic E-state index is -0.647. The van der Waals surface area contributed by atoms with Gasteiger partial charge in [-0.15, -0.1) is 11.3 Å². The predicted octanol–water partition coefficient (Wildman–Crippen LogP) is 2.75. The zero-order valence-electron chi connectivity index (χ0n) is 14.2. The topological polar surface area (TPSA) is 84.0 Å². The fourth-order valence-corrected chi connectivity index (χ4v) is 4.75. The average molecular weight is 450 g/mol. The van der Waals surface area contributed by atoms with Crippen molar-refractivity contribution in [2.45, 2.75) is 6.54 Å². The molecule has 140 valence electrons. The van der Waals surface area contributed by atoms with Crippen LogP contribution in [0.5, 0.6) is 0 Å². The lowest BCUT2D eigenvalue weighted by atomic mass is 10.2. The van der Waals surface area contributed by atoms with Crippen LogP contribution >= 0.6 is 27.3 Å². The van der Waals surface area contributed by atoms with Gasteiger partial charge < -0.3 is 4.90 Å². The van der Waals surface area contributed by atoms with E-state index in [9.17, 15) is 14.9 Å². The smallest absolute Gasteiger partial charge is 0.348 e. The highest BCUT2D eigenvalue weighted by Crippen LogP contribution is 2.26. The summed E-state index contributed by atoms with van der Waals surface area (Å²) >= 11 is 5.18. The quantitative estimate of drug-likeness (QED) is 0.449. The number of fused-ring (bicyclic) bond motifs is 1. The molecule has 0 N–H and O–H groups in total. The zero-order valence-corrected chi connectivity index (χ0v) is 16.6. The molecule has 10 heteroatoms. The second-order valence-electron chi connectivity index (χ2n) is 6.24. The minimum absolute atomic E-state index is 0.162. The molecule has 1 aliphatic heterocycles. The molecule has 4 heterocycles. The molecule has 4 rings (SSSR count). The molecule has 1 fully saturated rings. The lowest BCUT2D eigenvalue weighted by Crippen LogP contribution is -2.46. The first-order valence-corrected chi connectivity index (χ1v) is 10.0. The van der Waals surface area contributed by atoms with Gasteiger partial charge in [0, 0.05) is 43.8 Å². The van der Waals surface area contributed by atoms with E-state index in [0.717, 1.165) is 23.4 Å². The summed E-state index contributed by atoms with van der Waals surface area (Å²) in [5.41, 5.74) is -0.699. The Morgan fingerprint density at radius 1 is 1.19 bits per heavy atom. The SMILES string of the molecule is O=c1c([N+](=O)[O-])c(N2CCN(Cc3ccc(Br)s3)CC2)nc2ccccn12. The van der Waals surface area contributed by atoms with Crippen molar-refractivity contribution in [2.75, 3.05) is 31.1 Å². The first-order chi connectivity index (χ1) is 13.0. The molecule has 1 aliphatic rings. The van der Waals surface area contributed by atoms with Gasteiger partial charge in [0.2, 0.25) is 5.82 Å². The maximum atomic E-state index is 12.6. The van der Waals surface area contributed by atoms with Crippen molar-refractivity contribution in [3.05, 3.63) is 65.7 Å². The van der Waals surface area contributed by atoms with Crippen LogP contribution in [0.4, 0.5) is 11.5 Å². The average Bonchev–Trinajstić information content (AvgIpc) is 3.06. The van der Waals surface area contributed by atoms with Crippen LogP contribution in [-0.2, 0) is 6.54 Å². The molecular formula is C17H16BrN5O3S. The molecule has 0 spiro atoms. The molecular weight excluding hydrogens is 434 g/mol. The minimum Gasteiger partial charge on any atom is -0.348 e. The van der Waals surface area contributed by atoms with Gasteiger partial charge >= 0.3 is 11.2 Å². The van der Waals surface area contributed by atoms with E-state index in [4.69, 9.17) is 0 Å². The molecule has 8 nitrogen and oxygen atoms in total. The fraction of sp³-hybridized carbons (Fsp3) is 0.294. The standard InChI is InChI=1S/C17H16BrN5O3S/c18-13-5-4-12(27-13)11-20-7-9-21(10-8-20)16-15(23(25)26)17(24)22-6-2-1-3-14(22)19-16/h1-6H,7-11H2. The van der Waals surface area contributed by atoms with Crippen LogP contribution in [0.1, 0.15) is 4.88 Å². The third-order valence-electron chi connectivity index (χ3n) is 4.55. The van der Waals surface area contributed by atoms with E-state index in [2.05, 4.69) is 31.9 Å². The number of hydrogen-bond acceptors (Lipinski definition) is 7. The number of piperazine rings is 1. The third kappa shape index (κ3) is 3.60. The highest BCUT2D eigenvalue weighted by molar-refractivity contribution is 9.11. The summed E-state index contributed by atoms with van der Waals surface area (Å²) in [6.07, 6.45) is 1.50. The van der Waals surface area contributed by atoms with Crippen LogP contribution in [0.2, 0.25) is 0 Å². The molecule has 27 heavy (non-hydrogen) atoms. The molecule has 0 aromatic carbocycles. The number of rotatable bonds is 4. The summed E-state index contributed by atoms with van der Waals surface area (Å²) in [6, 6.07) is 9.22. The third-order valence-corrected chi connectivity index (χ3v) is 6.16. The van der Waals surface area contributed by atoms with Crippen LogP contribution in [-0.4, -0.2) is 45.4 Å². The van der Waals surface area contributed by atoms with Gasteiger partial charge in [-0.1, -0.05) is 6.07 Å². The Kier molecular flexibility index (Phi) is 4.94. The van der Waals surface area contributed by atoms with Crippen molar-refractivity contribution in [1.29, 1.82) is 0 Å². The first kappa shape index (κ1) is 18.1. The van der Waals surface area contributed by atoms with Crippen LogP contribution in [0.25, 0.3) is 5.65 Å². The summed E-state index contributed by atoms with van der Waals surface area (Å²) in [5.74, 6) is 0.162. The van der Waals surface area contributed by atoms with Crippen LogP contribution in [0, 0.1) is 10.1 Å². The summed E-state index contributed by atoms with van der Waals surface area (Å²) in [4.78, 5) is 33.3. The normalized spacial score (nSPS) is 15.4. The van der Waals surface area contributed by atoms with Gasteiger partial charge in [-0.2, -0.15) is 0 Å². The molecule has 0 saturated carbocycles. The van der Waals surface area contributed by atoms with Crippen molar-refractivity contribution >= 4 is 44.4 Å². The Morgan fingerprint density at radius 2 is 1.96 bits per heavy atom. The number of halogens is 1. The Bertz CT molecular complexity index is 1060. The molecule has 0 bridgehead atoms. The van der Waals surface area contributed by atoms with Gasteiger partial charge in [0.25, 0.3) is 0 Å². The van der Waals surface area contributed by atoms with E-state index < -0.39 is 16.2 Å². The highest BCUT2D eigenvalue weighted by atomic mass is 79.9. The number of hydrogen-bond donors (Lipinski definition) is 0. The van der Waals surface area contributed by atoms with Gasteiger partial charge in [0.1, 0.15) is 5.65 Å². The van der Waals surface area contributed by atoms with E-state index >= 15 is 0 Å². The maximum Gasteiger partial charge on any atom is 0.376 e. The lowest BCUT2D eigenvalue weighted by Gasteiger charge is -2.34. The van der Waals surface area contributed by atoms with Gasteiger partial charge in [0.05, 0.1) is 8.71 Å². The number of nitrogens with zero attached hydrogens (tertiary/aromatic N) is 5. The highest BCUT2D eigenvalue weighted by Gasteiger charge is 2.29.